The zero-order chi connectivity index (χ0) is 24.8. The Kier molecular flexibility index (Phi) is 6.51. The minimum absolute atomic E-state index is 0.0409. The van der Waals surface area contributed by atoms with Gasteiger partial charge in [-0.15, -0.1) is 11.3 Å². The number of piperazine rings is 1. The maximum atomic E-state index is 12.9. The van der Waals surface area contributed by atoms with E-state index < -0.39 is 0 Å². The normalized spacial score (nSPS) is 21.9. The summed E-state index contributed by atoms with van der Waals surface area (Å²) >= 11 is 1.40. The Morgan fingerprint density at radius 2 is 1.66 bits per heavy atom. The second-order valence-electron chi connectivity index (χ2n) is 11.8. The number of carbonyl (C=O) groups is 2. The predicted molar refractivity (Wildman–Crippen MR) is 140 cm³/mol. The van der Waals surface area contributed by atoms with E-state index in [1.54, 1.807) is 6.20 Å². The minimum Gasteiger partial charge on any atom is -0.339 e. The number of hydrogen-bond donors (Lipinski definition) is 0. The zero-order valence-electron chi connectivity index (χ0n) is 21.5. The topological polar surface area (TPSA) is 56.8 Å². The van der Waals surface area contributed by atoms with Gasteiger partial charge in [-0.1, -0.05) is 45.9 Å². The molecular formula is C28H38N4O2S. The van der Waals surface area contributed by atoms with E-state index in [0.717, 1.165) is 45.7 Å². The molecule has 7 heteroatoms. The van der Waals surface area contributed by atoms with Crippen LogP contribution in [0.25, 0.3) is 0 Å². The van der Waals surface area contributed by atoms with Crippen molar-refractivity contribution in [3.63, 3.8) is 0 Å². The molecule has 5 rings (SSSR count). The number of hydrogen-bond acceptors (Lipinski definition) is 5. The number of aryl methyl sites for hydroxylation is 1. The molecule has 6 nitrogen and oxygen atoms in total. The van der Waals surface area contributed by atoms with Crippen LogP contribution in [-0.4, -0.2) is 76.8 Å². The zero-order valence-corrected chi connectivity index (χ0v) is 22.4. The molecule has 1 aromatic heterocycles. The van der Waals surface area contributed by atoms with E-state index in [2.05, 4.69) is 55.8 Å². The summed E-state index contributed by atoms with van der Waals surface area (Å²) in [6, 6.07) is 7.34. The monoisotopic (exact) mass is 494 g/mol. The van der Waals surface area contributed by atoms with Gasteiger partial charge in [-0.05, 0) is 46.8 Å². The van der Waals surface area contributed by atoms with Crippen LogP contribution in [0.3, 0.4) is 0 Å². The number of likely N-dealkylation sites (tertiary alicyclic amines) is 1. The molecule has 188 valence electrons. The predicted octanol–water partition coefficient (Wildman–Crippen LogP) is 4.09. The van der Waals surface area contributed by atoms with Gasteiger partial charge in [-0.3, -0.25) is 14.5 Å². The second kappa shape index (κ2) is 9.32. The molecule has 0 N–H and O–H groups in total. The van der Waals surface area contributed by atoms with Crippen molar-refractivity contribution in [1.29, 1.82) is 0 Å². The molecule has 3 heterocycles. The van der Waals surface area contributed by atoms with Gasteiger partial charge in [0.25, 0.3) is 5.91 Å². The third-order valence-electron chi connectivity index (χ3n) is 8.49. The van der Waals surface area contributed by atoms with Crippen LogP contribution in [0.15, 0.2) is 29.8 Å². The Morgan fingerprint density at radius 3 is 2.31 bits per heavy atom. The van der Waals surface area contributed by atoms with E-state index in [-0.39, 0.29) is 22.6 Å². The summed E-state index contributed by atoms with van der Waals surface area (Å²) in [5, 5.41) is 2.42. The number of nitrogens with zero attached hydrogens (tertiary/aromatic N) is 4. The number of rotatable bonds is 5. The lowest BCUT2D eigenvalue weighted by Crippen LogP contribution is -2.64. The molecule has 1 aromatic carbocycles. The average Bonchev–Trinajstić information content (AvgIpc) is 3.35. The molecule has 0 atom stereocenters. The molecule has 2 amide bonds. The van der Waals surface area contributed by atoms with Crippen LogP contribution in [0.5, 0.6) is 0 Å². The van der Waals surface area contributed by atoms with Gasteiger partial charge in [0.2, 0.25) is 5.91 Å². The number of amides is 2. The second-order valence-corrected chi connectivity index (χ2v) is 12.7. The summed E-state index contributed by atoms with van der Waals surface area (Å²) in [5.41, 5.74) is 4.65. The van der Waals surface area contributed by atoms with Gasteiger partial charge in [0.1, 0.15) is 0 Å². The molecule has 0 saturated carbocycles. The molecule has 2 aromatic rings. The van der Waals surface area contributed by atoms with Gasteiger partial charge in [-0.2, -0.15) is 0 Å². The maximum Gasteiger partial charge on any atom is 0.282 e. The van der Waals surface area contributed by atoms with E-state index >= 15 is 0 Å². The van der Waals surface area contributed by atoms with E-state index in [1.165, 1.54) is 40.9 Å². The fourth-order valence-corrected chi connectivity index (χ4v) is 6.45. The van der Waals surface area contributed by atoms with Crippen LogP contribution >= 0.6 is 11.3 Å². The van der Waals surface area contributed by atoms with Gasteiger partial charge < -0.3 is 9.80 Å². The van der Waals surface area contributed by atoms with Gasteiger partial charge in [-0.25, -0.2) is 4.98 Å². The van der Waals surface area contributed by atoms with Crippen molar-refractivity contribution >= 4 is 23.2 Å². The van der Waals surface area contributed by atoms with Crippen LogP contribution < -0.4 is 0 Å². The summed E-state index contributed by atoms with van der Waals surface area (Å²) in [6.07, 6.45) is 5.49. The first-order valence-corrected chi connectivity index (χ1v) is 13.9. The standard InChI is InChI=1S/C28H38N4O2S/c1-27(2)9-10-28(3,4)23-17-20(5-7-22(23)27)6-8-24(33)32-18-21(19-32)30-12-14-31(15-13-30)26(34)25-29-11-16-35-25/h5,7,11,16-17,21H,6,8-10,12-15,18-19H2,1-4H3. The lowest BCUT2D eigenvalue weighted by molar-refractivity contribution is -0.139. The number of carbonyl (C=O) groups excluding carboxylic acids is 2. The summed E-state index contributed by atoms with van der Waals surface area (Å²) in [7, 11) is 0. The van der Waals surface area contributed by atoms with Crippen LogP contribution in [0.2, 0.25) is 0 Å². The highest BCUT2D eigenvalue weighted by atomic mass is 32.1. The molecule has 0 bridgehead atoms. The summed E-state index contributed by atoms with van der Waals surface area (Å²) < 4.78 is 0. The van der Waals surface area contributed by atoms with E-state index in [0.29, 0.717) is 17.5 Å². The molecule has 0 spiro atoms. The maximum absolute atomic E-state index is 12.9. The third-order valence-corrected chi connectivity index (χ3v) is 9.25. The van der Waals surface area contributed by atoms with Crippen molar-refractivity contribution in [3.05, 3.63) is 51.5 Å². The summed E-state index contributed by atoms with van der Waals surface area (Å²) in [4.78, 5) is 35.9. The Hall–Kier alpha value is -2.25. The first kappa shape index (κ1) is 24.4. The van der Waals surface area contributed by atoms with E-state index in [1.807, 2.05) is 15.2 Å². The Labute approximate surface area is 213 Å². The van der Waals surface area contributed by atoms with Crippen LogP contribution in [0.1, 0.15) is 73.4 Å². The highest BCUT2D eigenvalue weighted by Gasteiger charge is 2.38. The number of thiazole rings is 1. The third kappa shape index (κ3) is 4.90. The highest BCUT2D eigenvalue weighted by molar-refractivity contribution is 7.11. The molecule has 1 aliphatic carbocycles. The van der Waals surface area contributed by atoms with Gasteiger partial charge >= 0.3 is 0 Å². The fraction of sp³-hybridized carbons (Fsp3) is 0.607. The summed E-state index contributed by atoms with van der Waals surface area (Å²) in [6.45, 7) is 14.2. The Balaban J connectivity index is 1.09. The van der Waals surface area contributed by atoms with Crippen molar-refractivity contribution in [2.75, 3.05) is 39.3 Å². The highest BCUT2D eigenvalue weighted by Crippen LogP contribution is 2.46. The van der Waals surface area contributed by atoms with Gasteiger partial charge in [0, 0.05) is 63.3 Å². The fourth-order valence-electron chi connectivity index (χ4n) is 5.85. The molecular weight excluding hydrogens is 456 g/mol. The van der Waals surface area contributed by atoms with E-state index in [4.69, 9.17) is 0 Å². The Morgan fingerprint density at radius 1 is 0.971 bits per heavy atom. The van der Waals surface area contributed by atoms with E-state index in [9.17, 15) is 9.59 Å². The van der Waals surface area contributed by atoms with Crippen molar-refractivity contribution < 1.29 is 9.59 Å². The molecule has 2 aliphatic heterocycles. The van der Waals surface area contributed by atoms with Crippen LogP contribution in [0.4, 0.5) is 0 Å². The number of aromatic nitrogens is 1. The van der Waals surface area contributed by atoms with Crippen molar-refractivity contribution in [2.45, 2.75) is 70.3 Å². The molecule has 35 heavy (non-hydrogen) atoms. The first-order chi connectivity index (χ1) is 16.6. The minimum atomic E-state index is 0.0409. The van der Waals surface area contributed by atoms with Crippen molar-refractivity contribution in [1.82, 2.24) is 19.7 Å². The SMILES string of the molecule is CC1(C)CCC(C)(C)c2cc(CCC(=O)N3CC(N4CCN(C(=O)c5nccs5)CC4)C3)ccc21. The largest absolute Gasteiger partial charge is 0.339 e. The van der Waals surface area contributed by atoms with Crippen molar-refractivity contribution in [2.24, 2.45) is 0 Å². The average molecular weight is 495 g/mol. The van der Waals surface area contributed by atoms with Crippen LogP contribution in [0, 0.1) is 0 Å². The van der Waals surface area contributed by atoms with Gasteiger partial charge in [0.05, 0.1) is 0 Å². The first-order valence-electron chi connectivity index (χ1n) is 13.0. The van der Waals surface area contributed by atoms with Crippen molar-refractivity contribution in [3.8, 4) is 0 Å². The molecule has 2 fully saturated rings. The van der Waals surface area contributed by atoms with Gasteiger partial charge in [0.15, 0.2) is 5.01 Å². The number of fused-ring (bicyclic) bond motifs is 1. The lowest BCUT2D eigenvalue weighted by Gasteiger charge is -2.48. The molecule has 3 aliphatic rings. The quantitative estimate of drug-likeness (QED) is 0.628. The Bertz CT molecular complexity index is 1080. The molecule has 2 saturated heterocycles. The lowest BCUT2D eigenvalue weighted by atomic mass is 9.63. The number of benzene rings is 1. The smallest absolute Gasteiger partial charge is 0.282 e. The molecule has 0 radical (unpaired) electrons. The van der Waals surface area contributed by atoms with Crippen LogP contribution in [-0.2, 0) is 22.0 Å². The summed E-state index contributed by atoms with van der Waals surface area (Å²) in [5.74, 6) is 0.301. The molecule has 0 unspecified atom stereocenters.